The average Bonchev–Trinajstić information content (AvgIpc) is 3.08. The monoisotopic (exact) mass is 381 g/mol. The van der Waals surface area contributed by atoms with E-state index < -0.39 is 0 Å². The van der Waals surface area contributed by atoms with E-state index in [0.29, 0.717) is 6.54 Å². The Kier molecular flexibility index (Phi) is 6.21. The van der Waals surface area contributed by atoms with Crippen LogP contribution >= 0.6 is 11.3 Å². The Morgan fingerprint density at radius 2 is 1.81 bits per heavy atom. The van der Waals surface area contributed by atoms with Crippen LogP contribution < -0.4 is 10.1 Å². The molecule has 0 aliphatic heterocycles. The van der Waals surface area contributed by atoms with Gasteiger partial charge >= 0.3 is 0 Å². The third-order valence-electron chi connectivity index (χ3n) is 4.22. The van der Waals surface area contributed by atoms with Gasteiger partial charge in [-0.3, -0.25) is 9.69 Å². The number of rotatable bonds is 7. The number of nitrogens with zero attached hydrogens (tertiary/aromatic N) is 2. The summed E-state index contributed by atoms with van der Waals surface area (Å²) in [6, 6.07) is 16.7. The quantitative estimate of drug-likeness (QED) is 0.644. The highest BCUT2D eigenvalue weighted by molar-refractivity contribution is 7.11. The topological polar surface area (TPSA) is 54.5 Å². The normalized spacial score (nSPS) is 12.0. The highest BCUT2D eigenvalue weighted by atomic mass is 32.1. The summed E-state index contributed by atoms with van der Waals surface area (Å²) in [7, 11) is 1.94. The van der Waals surface area contributed by atoms with Gasteiger partial charge in [-0.05, 0) is 57.3 Å². The Balaban J connectivity index is 1.55. The van der Waals surface area contributed by atoms with Crippen molar-refractivity contribution in [1.82, 2.24) is 9.88 Å². The van der Waals surface area contributed by atoms with E-state index in [0.717, 1.165) is 27.1 Å². The molecule has 1 aromatic heterocycles. The standard InChI is InChI=1S/C21H23N3O2S/c1-15(24(3)14-20-13-22-16(2)27-20)21(25)23-17-9-11-19(12-10-17)26-18-7-5-4-6-8-18/h4-13,15H,14H2,1-3H3,(H,23,25). The number of hydrogen-bond donors (Lipinski definition) is 1. The van der Waals surface area contributed by atoms with Crippen LogP contribution in [-0.4, -0.2) is 28.9 Å². The number of hydrogen-bond acceptors (Lipinski definition) is 5. The second-order valence-electron chi connectivity index (χ2n) is 6.37. The van der Waals surface area contributed by atoms with Crippen molar-refractivity contribution >= 4 is 22.9 Å². The number of amides is 1. The SMILES string of the molecule is Cc1ncc(CN(C)C(C)C(=O)Nc2ccc(Oc3ccccc3)cc2)s1. The average molecular weight is 382 g/mol. The van der Waals surface area contributed by atoms with E-state index in [9.17, 15) is 4.79 Å². The lowest BCUT2D eigenvalue weighted by Gasteiger charge is -2.23. The second-order valence-corrected chi connectivity index (χ2v) is 7.68. The van der Waals surface area contributed by atoms with Crippen LogP contribution in [0.15, 0.2) is 60.8 Å². The third kappa shape index (κ3) is 5.39. The van der Waals surface area contributed by atoms with Crippen molar-refractivity contribution in [2.45, 2.75) is 26.4 Å². The zero-order chi connectivity index (χ0) is 19.2. The number of para-hydroxylation sites is 1. The first-order chi connectivity index (χ1) is 13.0. The summed E-state index contributed by atoms with van der Waals surface area (Å²) in [4.78, 5) is 19.9. The summed E-state index contributed by atoms with van der Waals surface area (Å²) in [5.74, 6) is 1.46. The van der Waals surface area contributed by atoms with Crippen LogP contribution in [0.1, 0.15) is 16.8 Å². The lowest BCUT2D eigenvalue weighted by atomic mass is 10.2. The molecule has 1 atom stereocenters. The van der Waals surface area contributed by atoms with Gasteiger partial charge in [-0.2, -0.15) is 0 Å². The molecule has 0 saturated heterocycles. The first kappa shape index (κ1) is 19.1. The van der Waals surface area contributed by atoms with Crippen molar-refractivity contribution in [3.8, 4) is 11.5 Å². The summed E-state index contributed by atoms with van der Waals surface area (Å²) >= 11 is 1.65. The molecule has 0 fully saturated rings. The Labute approximate surface area is 163 Å². The van der Waals surface area contributed by atoms with Gasteiger partial charge in [0.2, 0.25) is 5.91 Å². The highest BCUT2D eigenvalue weighted by Gasteiger charge is 2.19. The van der Waals surface area contributed by atoms with Gasteiger partial charge < -0.3 is 10.1 Å². The van der Waals surface area contributed by atoms with Gasteiger partial charge in [-0.25, -0.2) is 4.98 Å². The van der Waals surface area contributed by atoms with Gasteiger partial charge in [0.05, 0.1) is 11.0 Å². The van der Waals surface area contributed by atoms with Gasteiger partial charge in [0, 0.05) is 23.3 Å². The minimum atomic E-state index is -0.257. The zero-order valence-corrected chi connectivity index (χ0v) is 16.5. The van der Waals surface area contributed by atoms with Gasteiger partial charge in [0.1, 0.15) is 11.5 Å². The number of thiazole rings is 1. The molecule has 0 saturated carbocycles. The Morgan fingerprint density at radius 3 is 2.44 bits per heavy atom. The van der Waals surface area contributed by atoms with E-state index in [1.165, 1.54) is 0 Å². The van der Waals surface area contributed by atoms with Crippen molar-refractivity contribution in [1.29, 1.82) is 0 Å². The lowest BCUT2D eigenvalue weighted by Crippen LogP contribution is -2.39. The molecule has 1 unspecified atom stereocenters. The Bertz CT molecular complexity index is 878. The Morgan fingerprint density at radius 1 is 1.15 bits per heavy atom. The number of carbonyl (C=O) groups excluding carboxylic acids is 1. The van der Waals surface area contributed by atoms with E-state index in [1.54, 1.807) is 11.3 Å². The molecule has 0 bridgehead atoms. The number of nitrogens with one attached hydrogen (secondary N) is 1. The number of likely N-dealkylation sites (N-methyl/N-ethyl adjacent to an activating group) is 1. The van der Waals surface area contributed by atoms with Crippen molar-refractivity contribution < 1.29 is 9.53 Å². The molecular formula is C21H23N3O2S. The van der Waals surface area contributed by atoms with Crippen LogP contribution in [0.5, 0.6) is 11.5 Å². The predicted molar refractivity (Wildman–Crippen MR) is 109 cm³/mol. The van der Waals surface area contributed by atoms with Crippen molar-refractivity contribution in [3.05, 3.63) is 70.7 Å². The maximum absolute atomic E-state index is 12.5. The van der Waals surface area contributed by atoms with E-state index >= 15 is 0 Å². The van der Waals surface area contributed by atoms with Crippen LogP contribution in [-0.2, 0) is 11.3 Å². The largest absolute Gasteiger partial charge is 0.457 e. The van der Waals surface area contributed by atoms with Crippen molar-refractivity contribution in [2.75, 3.05) is 12.4 Å². The summed E-state index contributed by atoms with van der Waals surface area (Å²) in [5.41, 5.74) is 0.745. The maximum atomic E-state index is 12.5. The number of ether oxygens (including phenoxy) is 1. The summed E-state index contributed by atoms with van der Waals surface area (Å²) < 4.78 is 5.77. The fourth-order valence-corrected chi connectivity index (χ4v) is 3.40. The molecule has 1 heterocycles. The fraction of sp³-hybridized carbons (Fsp3) is 0.238. The van der Waals surface area contributed by atoms with E-state index in [2.05, 4.69) is 10.3 Å². The molecule has 0 aliphatic rings. The predicted octanol–water partition coefficient (Wildman–Crippen LogP) is 4.70. The molecule has 1 N–H and O–H groups in total. The number of carbonyl (C=O) groups is 1. The first-order valence-electron chi connectivity index (χ1n) is 8.76. The summed E-state index contributed by atoms with van der Waals surface area (Å²) in [5, 5.41) is 3.99. The number of benzene rings is 2. The zero-order valence-electron chi connectivity index (χ0n) is 15.7. The molecule has 0 aliphatic carbocycles. The van der Waals surface area contributed by atoms with Crippen LogP contribution in [0.25, 0.3) is 0 Å². The Hall–Kier alpha value is -2.70. The molecule has 6 heteroatoms. The molecule has 3 rings (SSSR count). The molecule has 27 heavy (non-hydrogen) atoms. The highest BCUT2D eigenvalue weighted by Crippen LogP contribution is 2.23. The lowest BCUT2D eigenvalue weighted by molar-refractivity contribution is -0.120. The number of aromatic nitrogens is 1. The minimum Gasteiger partial charge on any atom is -0.457 e. The number of aryl methyl sites for hydroxylation is 1. The molecule has 1 amide bonds. The first-order valence-corrected chi connectivity index (χ1v) is 9.58. The van der Waals surface area contributed by atoms with Gasteiger partial charge in [-0.1, -0.05) is 18.2 Å². The van der Waals surface area contributed by atoms with Crippen molar-refractivity contribution in [2.24, 2.45) is 0 Å². The molecule has 0 spiro atoms. The number of anilines is 1. The minimum absolute atomic E-state index is 0.0459. The summed E-state index contributed by atoms with van der Waals surface area (Å²) in [6.45, 7) is 4.58. The fourth-order valence-electron chi connectivity index (χ4n) is 2.54. The molecule has 3 aromatic rings. The van der Waals surface area contributed by atoms with E-state index in [4.69, 9.17) is 4.74 Å². The van der Waals surface area contributed by atoms with Crippen LogP contribution in [0.4, 0.5) is 5.69 Å². The third-order valence-corrected chi connectivity index (χ3v) is 5.11. The van der Waals surface area contributed by atoms with Gasteiger partial charge in [-0.15, -0.1) is 11.3 Å². The maximum Gasteiger partial charge on any atom is 0.241 e. The molecule has 0 radical (unpaired) electrons. The van der Waals surface area contributed by atoms with Crippen LogP contribution in [0.2, 0.25) is 0 Å². The van der Waals surface area contributed by atoms with Gasteiger partial charge in [0.15, 0.2) is 0 Å². The van der Waals surface area contributed by atoms with Crippen LogP contribution in [0.3, 0.4) is 0 Å². The van der Waals surface area contributed by atoms with Crippen molar-refractivity contribution in [3.63, 3.8) is 0 Å². The summed E-state index contributed by atoms with van der Waals surface area (Å²) in [6.07, 6.45) is 1.87. The molecule has 5 nitrogen and oxygen atoms in total. The van der Waals surface area contributed by atoms with E-state index in [1.807, 2.05) is 86.6 Å². The van der Waals surface area contributed by atoms with E-state index in [-0.39, 0.29) is 11.9 Å². The molecule has 140 valence electrons. The molecular weight excluding hydrogens is 358 g/mol. The van der Waals surface area contributed by atoms with Gasteiger partial charge in [0.25, 0.3) is 0 Å². The second kappa shape index (κ2) is 8.79. The molecule has 2 aromatic carbocycles. The smallest absolute Gasteiger partial charge is 0.241 e. The van der Waals surface area contributed by atoms with Crippen LogP contribution in [0, 0.1) is 6.92 Å².